The molecule has 0 aliphatic heterocycles. The van der Waals surface area contributed by atoms with Crippen LogP contribution >= 0.6 is 11.3 Å². The minimum Gasteiger partial charge on any atom is -0.378 e. The molecule has 12 heavy (non-hydrogen) atoms. The first-order chi connectivity index (χ1) is 5.61. The van der Waals surface area contributed by atoms with Gasteiger partial charge in [-0.05, 0) is 17.9 Å². The molecule has 1 N–H and O–H groups in total. The summed E-state index contributed by atoms with van der Waals surface area (Å²) in [6, 6.07) is 3.18. The van der Waals surface area contributed by atoms with Crippen molar-refractivity contribution in [2.75, 3.05) is 0 Å². The van der Waals surface area contributed by atoms with E-state index in [1.54, 1.807) is 18.4 Å². The summed E-state index contributed by atoms with van der Waals surface area (Å²) in [5.74, 6) is 0. The molecular formula is C8H10F2OS. The lowest BCUT2D eigenvalue weighted by molar-refractivity contribution is -0.102. The van der Waals surface area contributed by atoms with E-state index in [1.165, 1.54) is 6.07 Å². The summed E-state index contributed by atoms with van der Waals surface area (Å²) in [6.07, 6.45) is -2.69. The van der Waals surface area contributed by atoms with Crippen molar-refractivity contribution in [1.29, 1.82) is 0 Å². The monoisotopic (exact) mass is 192 g/mol. The van der Waals surface area contributed by atoms with E-state index >= 15 is 0 Å². The summed E-state index contributed by atoms with van der Waals surface area (Å²) in [7, 11) is 0. The maximum atomic E-state index is 12.4. The van der Waals surface area contributed by atoms with Crippen LogP contribution in [0.1, 0.15) is 18.2 Å². The molecule has 1 aromatic rings. The fourth-order valence-electron chi connectivity index (χ4n) is 0.961. The summed E-state index contributed by atoms with van der Waals surface area (Å²) in [5, 5.41) is 11.2. The van der Waals surface area contributed by atoms with Crippen molar-refractivity contribution in [2.45, 2.75) is 25.4 Å². The van der Waals surface area contributed by atoms with Crippen molar-refractivity contribution in [3.8, 4) is 0 Å². The van der Waals surface area contributed by atoms with Gasteiger partial charge < -0.3 is 5.11 Å². The second kappa shape index (κ2) is 3.49. The quantitative estimate of drug-likeness (QED) is 0.780. The Balaban J connectivity index is 2.96. The van der Waals surface area contributed by atoms with Crippen LogP contribution in [0, 0.1) is 0 Å². The van der Waals surface area contributed by atoms with E-state index in [1.807, 2.05) is 0 Å². The van der Waals surface area contributed by atoms with E-state index in [0.717, 1.165) is 11.3 Å². The second-order valence-corrected chi connectivity index (χ2v) is 3.50. The molecule has 0 bridgehead atoms. The SMILES string of the molecule is CCC(O)(c1cccs1)C(F)F. The second-order valence-electron chi connectivity index (χ2n) is 2.56. The molecule has 0 aromatic carbocycles. The van der Waals surface area contributed by atoms with E-state index in [-0.39, 0.29) is 6.42 Å². The highest BCUT2D eigenvalue weighted by Crippen LogP contribution is 2.34. The fourth-order valence-corrected chi connectivity index (χ4v) is 1.86. The molecule has 0 aliphatic rings. The summed E-state index contributed by atoms with van der Waals surface area (Å²) >= 11 is 1.15. The molecule has 0 radical (unpaired) electrons. The Morgan fingerprint density at radius 1 is 1.67 bits per heavy atom. The third-order valence-electron chi connectivity index (χ3n) is 1.85. The van der Waals surface area contributed by atoms with Gasteiger partial charge >= 0.3 is 0 Å². The van der Waals surface area contributed by atoms with Crippen LogP contribution in [0.4, 0.5) is 8.78 Å². The standard InChI is InChI=1S/C8H10F2OS/c1-2-8(11,7(9)10)6-4-3-5-12-6/h3-5,7,11H,2H2,1H3. The highest BCUT2D eigenvalue weighted by Gasteiger charge is 2.38. The lowest BCUT2D eigenvalue weighted by Gasteiger charge is -2.23. The maximum absolute atomic E-state index is 12.4. The van der Waals surface area contributed by atoms with Gasteiger partial charge in [0.05, 0.1) is 0 Å². The molecule has 0 spiro atoms. The summed E-state index contributed by atoms with van der Waals surface area (Å²) in [4.78, 5) is 0.333. The topological polar surface area (TPSA) is 20.2 Å². The normalized spacial score (nSPS) is 16.4. The fraction of sp³-hybridized carbons (Fsp3) is 0.500. The molecule has 4 heteroatoms. The van der Waals surface area contributed by atoms with Crippen molar-refractivity contribution in [2.24, 2.45) is 0 Å². The van der Waals surface area contributed by atoms with Gasteiger partial charge in [0.2, 0.25) is 0 Å². The van der Waals surface area contributed by atoms with E-state index in [0.29, 0.717) is 4.88 Å². The van der Waals surface area contributed by atoms with Gasteiger partial charge in [-0.25, -0.2) is 8.78 Å². The molecule has 0 saturated heterocycles. The van der Waals surface area contributed by atoms with Crippen LogP contribution < -0.4 is 0 Å². The molecule has 1 nitrogen and oxygen atoms in total. The summed E-state index contributed by atoms with van der Waals surface area (Å²) in [5.41, 5.74) is -1.95. The van der Waals surface area contributed by atoms with E-state index in [4.69, 9.17) is 0 Å². The van der Waals surface area contributed by atoms with Gasteiger partial charge in [-0.3, -0.25) is 0 Å². The molecule has 0 fully saturated rings. The highest BCUT2D eigenvalue weighted by atomic mass is 32.1. The van der Waals surface area contributed by atoms with Crippen molar-refractivity contribution in [3.63, 3.8) is 0 Å². The molecule has 1 unspecified atom stereocenters. The zero-order chi connectivity index (χ0) is 9.19. The van der Waals surface area contributed by atoms with Crippen LogP contribution in [0.2, 0.25) is 0 Å². The number of rotatable bonds is 3. The third-order valence-corrected chi connectivity index (χ3v) is 2.88. The summed E-state index contributed by atoms with van der Waals surface area (Å²) < 4.78 is 24.8. The van der Waals surface area contributed by atoms with E-state index in [9.17, 15) is 13.9 Å². The lowest BCUT2D eigenvalue weighted by Crippen LogP contribution is -2.32. The molecule has 0 amide bonds. The molecule has 1 heterocycles. The van der Waals surface area contributed by atoms with Gasteiger partial charge in [0.15, 0.2) is 5.60 Å². The van der Waals surface area contributed by atoms with Crippen LogP contribution in [0.3, 0.4) is 0 Å². The Bertz CT molecular complexity index is 235. The van der Waals surface area contributed by atoms with Gasteiger partial charge in [-0.15, -0.1) is 11.3 Å². The number of hydrogen-bond acceptors (Lipinski definition) is 2. The molecule has 1 aromatic heterocycles. The molecule has 68 valence electrons. The minimum absolute atomic E-state index is 0.0329. The Morgan fingerprint density at radius 3 is 2.67 bits per heavy atom. The molecule has 0 aliphatic carbocycles. The Hall–Kier alpha value is -0.480. The van der Waals surface area contributed by atoms with Crippen LogP contribution in [0.15, 0.2) is 17.5 Å². The van der Waals surface area contributed by atoms with Crippen molar-refractivity contribution in [3.05, 3.63) is 22.4 Å². The first-order valence-electron chi connectivity index (χ1n) is 3.65. The zero-order valence-electron chi connectivity index (χ0n) is 6.63. The maximum Gasteiger partial charge on any atom is 0.271 e. The zero-order valence-corrected chi connectivity index (χ0v) is 7.44. The van der Waals surface area contributed by atoms with Gasteiger partial charge in [0, 0.05) is 4.88 Å². The molecule has 1 atom stereocenters. The van der Waals surface area contributed by atoms with Crippen molar-refractivity contribution < 1.29 is 13.9 Å². The van der Waals surface area contributed by atoms with E-state index < -0.39 is 12.0 Å². The van der Waals surface area contributed by atoms with Gasteiger partial charge in [0.1, 0.15) is 0 Å². The number of aliphatic hydroxyl groups is 1. The Labute approximate surface area is 73.7 Å². The van der Waals surface area contributed by atoms with Crippen molar-refractivity contribution in [1.82, 2.24) is 0 Å². The van der Waals surface area contributed by atoms with Crippen LogP contribution in [-0.4, -0.2) is 11.5 Å². The number of alkyl halides is 2. The molecule has 0 saturated carbocycles. The van der Waals surface area contributed by atoms with E-state index in [2.05, 4.69) is 0 Å². The van der Waals surface area contributed by atoms with Gasteiger partial charge in [0.25, 0.3) is 6.43 Å². The lowest BCUT2D eigenvalue weighted by atomic mass is 10.00. The van der Waals surface area contributed by atoms with Gasteiger partial charge in [-0.1, -0.05) is 13.0 Å². The first-order valence-corrected chi connectivity index (χ1v) is 4.53. The average molecular weight is 192 g/mol. The predicted octanol–water partition coefficient (Wildman–Crippen LogP) is 2.61. The van der Waals surface area contributed by atoms with Crippen LogP contribution in [-0.2, 0) is 5.60 Å². The third kappa shape index (κ3) is 1.49. The molecular weight excluding hydrogens is 182 g/mol. The predicted molar refractivity (Wildman–Crippen MR) is 44.5 cm³/mol. The van der Waals surface area contributed by atoms with Gasteiger partial charge in [-0.2, -0.15) is 0 Å². The van der Waals surface area contributed by atoms with Crippen molar-refractivity contribution >= 4 is 11.3 Å². The minimum atomic E-state index is -2.72. The first kappa shape index (κ1) is 9.61. The summed E-state index contributed by atoms with van der Waals surface area (Å²) in [6.45, 7) is 1.55. The van der Waals surface area contributed by atoms with Crippen LogP contribution in [0.5, 0.6) is 0 Å². The Morgan fingerprint density at radius 2 is 2.33 bits per heavy atom. The number of hydrogen-bond donors (Lipinski definition) is 1. The smallest absolute Gasteiger partial charge is 0.271 e. The van der Waals surface area contributed by atoms with Crippen LogP contribution in [0.25, 0.3) is 0 Å². The Kier molecular flexibility index (Phi) is 2.80. The average Bonchev–Trinajstić information content (AvgIpc) is 2.54. The number of thiophene rings is 1. The largest absolute Gasteiger partial charge is 0.378 e. The highest BCUT2D eigenvalue weighted by molar-refractivity contribution is 7.10. The number of halogens is 2. The molecule has 1 rings (SSSR count).